The van der Waals surface area contributed by atoms with Crippen molar-refractivity contribution in [2.45, 2.75) is 36.5 Å². The van der Waals surface area contributed by atoms with E-state index in [0.717, 1.165) is 30.5 Å². The van der Waals surface area contributed by atoms with Crippen LogP contribution in [0.25, 0.3) is 0 Å². The maximum Gasteiger partial charge on any atom is 0.417 e. The lowest BCUT2D eigenvalue weighted by Gasteiger charge is -2.32. The standard InChI is InChI=1S/C15H19ClF3N3O3S2/c1-27(24,25)22-6-3-2-4-12(22)13(23)20-5-7-26-14-11(16)8-10(9-21-14)15(17,18)19/h8-9,12H,2-7H2,1H3,(H,20,23)/t12-/m0/s1. The first-order chi connectivity index (χ1) is 12.5. The number of rotatable bonds is 6. The number of nitrogens with one attached hydrogen (secondary N) is 1. The molecule has 1 atom stereocenters. The molecule has 1 aliphatic rings. The van der Waals surface area contributed by atoms with E-state index in [1.165, 1.54) is 4.31 Å². The van der Waals surface area contributed by atoms with E-state index < -0.39 is 27.8 Å². The fraction of sp³-hybridized carbons (Fsp3) is 0.600. The van der Waals surface area contributed by atoms with Gasteiger partial charge in [-0.1, -0.05) is 18.0 Å². The number of nitrogens with zero attached hydrogens (tertiary/aromatic N) is 2. The maximum atomic E-state index is 12.6. The van der Waals surface area contributed by atoms with E-state index in [2.05, 4.69) is 10.3 Å². The minimum Gasteiger partial charge on any atom is -0.354 e. The van der Waals surface area contributed by atoms with Crippen molar-refractivity contribution in [1.82, 2.24) is 14.6 Å². The van der Waals surface area contributed by atoms with Crippen molar-refractivity contribution in [3.8, 4) is 0 Å². The quantitative estimate of drug-likeness (QED) is 0.538. The second-order valence-electron chi connectivity index (χ2n) is 6.03. The fourth-order valence-electron chi connectivity index (χ4n) is 2.69. The summed E-state index contributed by atoms with van der Waals surface area (Å²) in [6.45, 7) is 0.521. The van der Waals surface area contributed by atoms with Crippen LogP contribution in [-0.4, -0.2) is 54.8 Å². The molecule has 1 aromatic rings. The molecule has 1 aliphatic heterocycles. The highest BCUT2D eigenvalue weighted by Crippen LogP contribution is 2.33. The minimum absolute atomic E-state index is 0.114. The van der Waals surface area contributed by atoms with Gasteiger partial charge in [-0.05, 0) is 18.9 Å². The number of carbonyl (C=O) groups is 1. The second kappa shape index (κ2) is 8.97. The zero-order valence-corrected chi connectivity index (χ0v) is 16.8. The largest absolute Gasteiger partial charge is 0.417 e. The molecule has 0 aromatic carbocycles. The zero-order chi connectivity index (χ0) is 20.2. The Morgan fingerprint density at radius 3 is 2.74 bits per heavy atom. The van der Waals surface area contributed by atoms with Crippen LogP contribution < -0.4 is 5.32 Å². The Morgan fingerprint density at radius 1 is 1.44 bits per heavy atom. The van der Waals surface area contributed by atoms with Gasteiger partial charge in [0.05, 0.1) is 16.8 Å². The Labute approximate surface area is 164 Å². The summed E-state index contributed by atoms with van der Waals surface area (Å²) in [5.41, 5.74) is -0.927. The highest BCUT2D eigenvalue weighted by atomic mass is 35.5. The molecule has 0 bridgehead atoms. The van der Waals surface area contributed by atoms with Gasteiger partial charge in [0.25, 0.3) is 0 Å². The third kappa shape index (κ3) is 6.23. The van der Waals surface area contributed by atoms with E-state index in [9.17, 15) is 26.4 Å². The van der Waals surface area contributed by atoms with Gasteiger partial charge in [0, 0.05) is 25.0 Å². The molecular weight excluding hydrogens is 427 g/mol. The smallest absolute Gasteiger partial charge is 0.354 e. The summed E-state index contributed by atoms with van der Waals surface area (Å²) in [6, 6.07) is 0.0770. The molecule has 2 heterocycles. The summed E-state index contributed by atoms with van der Waals surface area (Å²) in [5.74, 6) is -0.0534. The molecular formula is C15H19ClF3N3O3S2. The van der Waals surface area contributed by atoms with Gasteiger partial charge < -0.3 is 5.32 Å². The van der Waals surface area contributed by atoms with Crippen LogP contribution in [0.2, 0.25) is 5.02 Å². The number of sulfonamides is 1. The van der Waals surface area contributed by atoms with Crippen LogP contribution in [0.1, 0.15) is 24.8 Å². The van der Waals surface area contributed by atoms with Crippen molar-refractivity contribution in [1.29, 1.82) is 0 Å². The maximum absolute atomic E-state index is 12.6. The first-order valence-corrected chi connectivity index (χ1v) is 11.3. The van der Waals surface area contributed by atoms with Crippen LogP contribution in [0.5, 0.6) is 0 Å². The number of hydrogen-bond acceptors (Lipinski definition) is 5. The van der Waals surface area contributed by atoms with Crippen molar-refractivity contribution >= 4 is 39.3 Å². The normalized spacial score (nSPS) is 19.1. The van der Waals surface area contributed by atoms with Crippen LogP contribution in [-0.2, 0) is 21.0 Å². The van der Waals surface area contributed by atoms with E-state index in [1.54, 1.807) is 0 Å². The molecule has 6 nitrogen and oxygen atoms in total. The summed E-state index contributed by atoms with van der Waals surface area (Å²) in [6.07, 6.45) is -0.794. The number of amides is 1. The summed E-state index contributed by atoms with van der Waals surface area (Å²) in [7, 11) is -3.47. The second-order valence-corrected chi connectivity index (χ2v) is 9.46. The van der Waals surface area contributed by atoms with Crippen molar-refractivity contribution < 1.29 is 26.4 Å². The van der Waals surface area contributed by atoms with E-state index in [1.807, 2.05) is 0 Å². The lowest BCUT2D eigenvalue weighted by molar-refractivity contribution is -0.137. The third-order valence-electron chi connectivity index (χ3n) is 3.96. The fourth-order valence-corrected chi connectivity index (χ4v) is 4.87. The van der Waals surface area contributed by atoms with Gasteiger partial charge in [-0.3, -0.25) is 4.79 Å². The predicted molar refractivity (Wildman–Crippen MR) is 97.2 cm³/mol. The number of halogens is 4. The first kappa shape index (κ1) is 22.3. The topological polar surface area (TPSA) is 79.4 Å². The van der Waals surface area contributed by atoms with Gasteiger partial charge in [0.2, 0.25) is 15.9 Å². The van der Waals surface area contributed by atoms with Crippen LogP contribution in [0, 0.1) is 0 Å². The first-order valence-electron chi connectivity index (χ1n) is 8.10. The Hall–Kier alpha value is -1.04. The number of hydrogen-bond donors (Lipinski definition) is 1. The summed E-state index contributed by atoms with van der Waals surface area (Å²) < 4.78 is 62.5. The van der Waals surface area contributed by atoms with Crippen molar-refractivity contribution in [3.05, 3.63) is 22.8 Å². The summed E-state index contributed by atoms with van der Waals surface area (Å²) in [4.78, 5) is 16.0. The summed E-state index contributed by atoms with van der Waals surface area (Å²) >= 11 is 6.93. The lowest BCUT2D eigenvalue weighted by Crippen LogP contribution is -2.51. The zero-order valence-electron chi connectivity index (χ0n) is 14.4. The molecule has 1 aromatic heterocycles. The van der Waals surface area contributed by atoms with E-state index >= 15 is 0 Å². The SMILES string of the molecule is CS(=O)(=O)N1CCCC[C@H]1C(=O)NCCSc1ncc(C(F)(F)F)cc1Cl. The molecule has 0 unspecified atom stereocenters. The molecule has 152 valence electrons. The Morgan fingerprint density at radius 2 is 2.15 bits per heavy atom. The number of thioether (sulfide) groups is 1. The van der Waals surface area contributed by atoms with E-state index in [-0.39, 0.29) is 22.5 Å². The molecule has 0 aliphatic carbocycles. The van der Waals surface area contributed by atoms with Gasteiger partial charge in [-0.2, -0.15) is 17.5 Å². The molecule has 0 spiro atoms. The van der Waals surface area contributed by atoms with Gasteiger partial charge in [-0.25, -0.2) is 13.4 Å². The molecule has 1 fully saturated rings. The minimum atomic E-state index is -4.51. The molecule has 0 saturated carbocycles. The van der Waals surface area contributed by atoms with Crippen molar-refractivity contribution in [2.24, 2.45) is 0 Å². The van der Waals surface area contributed by atoms with E-state index in [0.29, 0.717) is 31.3 Å². The highest BCUT2D eigenvalue weighted by Gasteiger charge is 2.34. The lowest BCUT2D eigenvalue weighted by atomic mass is 10.0. The molecule has 27 heavy (non-hydrogen) atoms. The van der Waals surface area contributed by atoms with Crippen LogP contribution >= 0.6 is 23.4 Å². The van der Waals surface area contributed by atoms with Gasteiger partial charge in [0.15, 0.2) is 0 Å². The van der Waals surface area contributed by atoms with E-state index in [4.69, 9.17) is 11.6 Å². The number of aromatic nitrogens is 1. The number of piperidine rings is 1. The number of carbonyl (C=O) groups excluding carboxylic acids is 1. The van der Waals surface area contributed by atoms with Crippen LogP contribution in [0.4, 0.5) is 13.2 Å². The molecule has 12 heteroatoms. The Balaban J connectivity index is 1.87. The molecule has 1 N–H and O–H groups in total. The monoisotopic (exact) mass is 445 g/mol. The Bertz CT molecular complexity index is 790. The summed E-state index contributed by atoms with van der Waals surface area (Å²) in [5, 5.41) is 2.78. The van der Waals surface area contributed by atoms with Gasteiger partial charge in [-0.15, -0.1) is 11.8 Å². The average molecular weight is 446 g/mol. The van der Waals surface area contributed by atoms with Crippen LogP contribution in [0.3, 0.4) is 0 Å². The third-order valence-corrected chi connectivity index (χ3v) is 6.65. The van der Waals surface area contributed by atoms with Crippen LogP contribution in [0.15, 0.2) is 17.3 Å². The van der Waals surface area contributed by atoms with Gasteiger partial charge >= 0.3 is 6.18 Å². The predicted octanol–water partition coefficient (Wildman–Crippen LogP) is 2.78. The van der Waals surface area contributed by atoms with Crippen molar-refractivity contribution in [3.63, 3.8) is 0 Å². The number of pyridine rings is 1. The number of alkyl halides is 3. The van der Waals surface area contributed by atoms with Crippen molar-refractivity contribution in [2.75, 3.05) is 25.1 Å². The average Bonchev–Trinajstić information content (AvgIpc) is 2.58. The molecule has 2 rings (SSSR count). The Kier molecular flexibility index (Phi) is 7.40. The highest BCUT2D eigenvalue weighted by molar-refractivity contribution is 7.99. The van der Waals surface area contributed by atoms with Gasteiger partial charge in [0.1, 0.15) is 11.1 Å². The molecule has 1 saturated heterocycles. The molecule has 0 radical (unpaired) electrons. The molecule has 1 amide bonds.